The molecule has 0 spiro atoms. The lowest BCUT2D eigenvalue weighted by Crippen LogP contribution is -2.49. The van der Waals surface area contributed by atoms with E-state index >= 15 is 0 Å². The van der Waals surface area contributed by atoms with Gasteiger partial charge in [-0.15, -0.1) is 11.3 Å². The predicted octanol–water partition coefficient (Wildman–Crippen LogP) is 3.00. The van der Waals surface area contributed by atoms with Crippen LogP contribution in [0.15, 0.2) is 46.3 Å². The van der Waals surface area contributed by atoms with Crippen molar-refractivity contribution in [2.75, 3.05) is 32.7 Å². The average molecular weight is 395 g/mol. The fourth-order valence-corrected chi connectivity index (χ4v) is 3.91. The van der Waals surface area contributed by atoms with E-state index in [4.69, 9.17) is 0 Å². The molecule has 6 heteroatoms. The van der Waals surface area contributed by atoms with Gasteiger partial charge in [-0.3, -0.25) is 9.69 Å². The lowest BCUT2D eigenvalue weighted by molar-refractivity contribution is 0.0532. The minimum absolute atomic E-state index is 0.0657. The van der Waals surface area contributed by atoms with Crippen molar-refractivity contribution in [3.63, 3.8) is 0 Å². The van der Waals surface area contributed by atoms with Gasteiger partial charge in [0.15, 0.2) is 0 Å². The average Bonchev–Trinajstić information content (AvgIpc) is 3.10. The van der Waals surface area contributed by atoms with Gasteiger partial charge in [0.2, 0.25) is 0 Å². The summed E-state index contributed by atoms with van der Waals surface area (Å²) in [7, 11) is 0. The molecule has 1 fully saturated rings. The zero-order valence-corrected chi connectivity index (χ0v) is 15.1. The number of rotatable bonds is 4. The molecule has 2 heterocycles. The first-order chi connectivity index (χ1) is 11.1. The van der Waals surface area contributed by atoms with Gasteiger partial charge in [-0.25, -0.2) is 0 Å². The largest absolute Gasteiger partial charge is 0.386 e. The number of aliphatic hydroxyl groups excluding tert-OH is 1. The van der Waals surface area contributed by atoms with Crippen LogP contribution in [0.3, 0.4) is 0 Å². The number of benzene rings is 1. The summed E-state index contributed by atoms with van der Waals surface area (Å²) in [5.41, 5.74) is 0.708. The van der Waals surface area contributed by atoms with Gasteiger partial charge in [-0.1, -0.05) is 18.2 Å². The molecule has 0 unspecified atom stereocenters. The molecule has 4 nitrogen and oxygen atoms in total. The number of thiophene rings is 1. The van der Waals surface area contributed by atoms with Crippen LogP contribution in [-0.4, -0.2) is 53.5 Å². The Morgan fingerprint density at radius 2 is 1.91 bits per heavy atom. The first-order valence-electron chi connectivity index (χ1n) is 7.63. The van der Waals surface area contributed by atoms with Gasteiger partial charge in [0.05, 0.1) is 5.56 Å². The zero-order chi connectivity index (χ0) is 16.2. The van der Waals surface area contributed by atoms with Crippen molar-refractivity contribution in [3.8, 4) is 0 Å². The van der Waals surface area contributed by atoms with Crippen molar-refractivity contribution < 1.29 is 9.90 Å². The Labute approximate surface area is 148 Å². The molecule has 0 saturated carbocycles. The van der Waals surface area contributed by atoms with E-state index in [9.17, 15) is 9.90 Å². The molecule has 1 saturated heterocycles. The second kappa shape index (κ2) is 7.57. The first kappa shape index (κ1) is 16.6. The summed E-state index contributed by atoms with van der Waals surface area (Å²) >= 11 is 5.02. The zero-order valence-electron chi connectivity index (χ0n) is 12.7. The molecule has 1 aromatic carbocycles. The van der Waals surface area contributed by atoms with Crippen LogP contribution < -0.4 is 0 Å². The van der Waals surface area contributed by atoms with E-state index in [1.54, 1.807) is 11.3 Å². The van der Waals surface area contributed by atoms with E-state index in [1.807, 2.05) is 46.7 Å². The molecule has 0 aliphatic carbocycles. The topological polar surface area (TPSA) is 43.8 Å². The maximum absolute atomic E-state index is 12.6. The van der Waals surface area contributed by atoms with E-state index in [0.29, 0.717) is 25.2 Å². The molecule has 1 amide bonds. The number of halogens is 1. The van der Waals surface area contributed by atoms with Crippen LogP contribution in [0.2, 0.25) is 0 Å². The smallest absolute Gasteiger partial charge is 0.255 e. The molecule has 1 aliphatic rings. The molecule has 1 atom stereocenters. The summed E-state index contributed by atoms with van der Waals surface area (Å²) in [5, 5.41) is 12.2. The fourth-order valence-electron chi connectivity index (χ4n) is 2.75. The minimum atomic E-state index is -0.444. The molecular formula is C17H19BrN2O2S. The molecule has 122 valence electrons. The van der Waals surface area contributed by atoms with Crippen molar-refractivity contribution in [1.29, 1.82) is 0 Å². The number of carbonyl (C=O) groups excluding carboxylic acids is 1. The highest BCUT2D eigenvalue weighted by atomic mass is 79.9. The second-order valence-electron chi connectivity index (χ2n) is 5.60. The standard InChI is InChI=1S/C17H19BrN2O2S/c18-14-5-2-1-4-13(14)17(22)20-9-7-19(8-10-20)12-15(21)16-6-3-11-23-16/h1-6,11,15,21H,7-10,12H2/t15-/m1/s1. The summed E-state index contributed by atoms with van der Waals surface area (Å²) in [6, 6.07) is 11.4. The maximum Gasteiger partial charge on any atom is 0.255 e. The number of β-amino-alcohol motifs (C(OH)–C–C–N with tert-alkyl or cyclic N) is 1. The Balaban J connectivity index is 1.54. The van der Waals surface area contributed by atoms with Crippen molar-refractivity contribution >= 4 is 33.2 Å². The summed E-state index contributed by atoms with van der Waals surface area (Å²) in [4.78, 5) is 17.7. The minimum Gasteiger partial charge on any atom is -0.386 e. The summed E-state index contributed by atoms with van der Waals surface area (Å²) < 4.78 is 0.834. The third kappa shape index (κ3) is 4.01. The molecule has 3 rings (SSSR count). The van der Waals surface area contributed by atoms with Crippen LogP contribution in [0.5, 0.6) is 0 Å². The number of nitrogens with zero attached hydrogens (tertiary/aromatic N) is 2. The van der Waals surface area contributed by atoms with Crippen molar-refractivity contribution in [2.24, 2.45) is 0 Å². The molecule has 2 aromatic rings. The van der Waals surface area contributed by atoms with E-state index in [0.717, 1.165) is 22.4 Å². The SMILES string of the molecule is O=C(c1ccccc1Br)N1CCN(C[C@@H](O)c2cccs2)CC1. The summed E-state index contributed by atoms with van der Waals surface area (Å²) in [6.45, 7) is 3.59. The van der Waals surface area contributed by atoms with Crippen LogP contribution >= 0.6 is 27.3 Å². The predicted molar refractivity (Wildman–Crippen MR) is 95.8 cm³/mol. The van der Waals surface area contributed by atoms with E-state index in [2.05, 4.69) is 20.8 Å². The fraction of sp³-hybridized carbons (Fsp3) is 0.353. The highest BCUT2D eigenvalue weighted by molar-refractivity contribution is 9.10. The Hall–Kier alpha value is -1.21. The van der Waals surface area contributed by atoms with Crippen LogP contribution in [0.1, 0.15) is 21.3 Å². The van der Waals surface area contributed by atoms with Gasteiger partial charge in [0, 0.05) is 42.1 Å². The van der Waals surface area contributed by atoms with Crippen molar-refractivity contribution in [3.05, 3.63) is 56.7 Å². The molecular weight excluding hydrogens is 376 g/mol. The van der Waals surface area contributed by atoms with Crippen LogP contribution in [0, 0.1) is 0 Å². The normalized spacial score (nSPS) is 17.2. The molecule has 0 bridgehead atoms. The van der Waals surface area contributed by atoms with Crippen LogP contribution in [0.4, 0.5) is 0 Å². The Kier molecular flexibility index (Phi) is 5.48. The third-order valence-corrected chi connectivity index (χ3v) is 5.73. The molecule has 23 heavy (non-hydrogen) atoms. The number of piperazine rings is 1. The van der Waals surface area contributed by atoms with Gasteiger partial charge in [-0.2, -0.15) is 0 Å². The molecule has 0 radical (unpaired) electrons. The highest BCUT2D eigenvalue weighted by Crippen LogP contribution is 2.21. The Bertz CT molecular complexity index is 654. The molecule has 1 N–H and O–H groups in total. The van der Waals surface area contributed by atoms with Gasteiger partial charge in [0.25, 0.3) is 5.91 Å². The van der Waals surface area contributed by atoms with Crippen LogP contribution in [-0.2, 0) is 0 Å². The van der Waals surface area contributed by atoms with Gasteiger partial charge in [-0.05, 0) is 39.5 Å². The lowest BCUT2D eigenvalue weighted by Gasteiger charge is -2.35. The quantitative estimate of drug-likeness (QED) is 0.866. The monoisotopic (exact) mass is 394 g/mol. The highest BCUT2D eigenvalue weighted by Gasteiger charge is 2.24. The number of amides is 1. The third-order valence-electron chi connectivity index (χ3n) is 4.07. The molecule has 1 aromatic heterocycles. The van der Waals surface area contributed by atoms with Crippen LogP contribution in [0.25, 0.3) is 0 Å². The Morgan fingerprint density at radius 3 is 2.57 bits per heavy atom. The summed E-state index contributed by atoms with van der Waals surface area (Å²) in [6.07, 6.45) is -0.444. The molecule has 1 aliphatic heterocycles. The van der Waals surface area contributed by atoms with E-state index in [-0.39, 0.29) is 5.91 Å². The van der Waals surface area contributed by atoms with E-state index < -0.39 is 6.10 Å². The van der Waals surface area contributed by atoms with E-state index in [1.165, 1.54) is 0 Å². The lowest BCUT2D eigenvalue weighted by atomic mass is 10.1. The summed E-state index contributed by atoms with van der Waals surface area (Å²) in [5.74, 6) is 0.0657. The number of hydrogen-bond donors (Lipinski definition) is 1. The second-order valence-corrected chi connectivity index (χ2v) is 7.44. The van der Waals surface area contributed by atoms with Gasteiger partial charge >= 0.3 is 0 Å². The van der Waals surface area contributed by atoms with Gasteiger partial charge in [0.1, 0.15) is 6.10 Å². The van der Waals surface area contributed by atoms with Gasteiger partial charge < -0.3 is 10.0 Å². The Morgan fingerprint density at radius 1 is 1.17 bits per heavy atom. The van der Waals surface area contributed by atoms with Crippen molar-refractivity contribution in [2.45, 2.75) is 6.10 Å². The van der Waals surface area contributed by atoms with Crippen molar-refractivity contribution in [1.82, 2.24) is 9.80 Å². The number of carbonyl (C=O) groups is 1. The maximum atomic E-state index is 12.6. The number of hydrogen-bond acceptors (Lipinski definition) is 4. The first-order valence-corrected chi connectivity index (χ1v) is 9.30. The number of aliphatic hydroxyl groups is 1.